The highest BCUT2D eigenvalue weighted by molar-refractivity contribution is 6.04. The Morgan fingerprint density at radius 1 is 1.27 bits per heavy atom. The van der Waals surface area contributed by atoms with E-state index in [1.54, 1.807) is 25.3 Å². The van der Waals surface area contributed by atoms with Crippen LogP contribution in [0.4, 0.5) is 11.4 Å². The van der Waals surface area contributed by atoms with Crippen LogP contribution in [-0.4, -0.2) is 38.6 Å². The van der Waals surface area contributed by atoms with Crippen molar-refractivity contribution < 1.29 is 19.1 Å². The highest BCUT2D eigenvalue weighted by Gasteiger charge is 2.36. The lowest BCUT2D eigenvalue weighted by molar-refractivity contribution is -0.129. The smallest absolute Gasteiger partial charge is 0.273 e. The van der Waals surface area contributed by atoms with E-state index in [-0.39, 0.29) is 18.4 Å². The topological polar surface area (TPSA) is 93.9 Å². The van der Waals surface area contributed by atoms with Crippen molar-refractivity contribution in [2.75, 3.05) is 37.4 Å². The van der Waals surface area contributed by atoms with E-state index >= 15 is 0 Å². The van der Waals surface area contributed by atoms with Crippen LogP contribution < -0.4 is 20.7 Å². The quantitative estimate of drug-likeness (QED) is 0.605. The molecular formula is C19H21N3O4. The summed E-state index contributed by atoms with van der Waals surface area (Å²) in [5, 5.41) is 2.72. The second-order valence-corrected chi connectivity index (χ2v) is 5.90. The maximum Gasteiger partial charge on any atom is 0.273 e. The van der Waals surface area contributed by atoms with Gasteiger partial charge in [-0.05, 0) is 18.2 Å². The maximum atomic E-state index is 13.0. The van der Waals surface area contributed by atoms with Crippen LogP contribution in [0.25, 0.3) is 0 Å². The van der Waals surface area contributed by atoms with Crippen LogP contribution in [0, 0.1) is 0 Å². The van der Waals surface area contributed by atoms with Crippen molar-refractivity contribution >= 4 is 23.2 Å². The Hall–Kier alpha value is -3.06. The number of carbonyl (C=O) groups excluding carboxylic acids is 2. The zero-order chi connectivity index (χ0) is 18.5. The monoisotopic (exact) mass is 355 g/mol. The lowest BCUT2D eigenvalue weighted by Crippen LogP contribution is -2.46. The number of methoxy groups -OCH3 is 1. The molecule has 2 aromatic rings. The van der Waals surface area contributed by atoms with Crippen LogP contribution in [0.5, 0.6) is 5.75 Å². The van der Waals surface area contributed by atoms with Gasteiger partial charge in [-0.1, -0.05) is 30.3 Å². The van der Waals surface area contributed by atoms with E-state index in [2.05, 4.69) is 5.32 Å². The lowest BCUT2D eigenvalue weighted by Gasteiger charge is -2.34. The molecule has 0 radical (unpaired) electrons. The standard InChI is InChI=1S/C19H21N3O4/c1-25-10-9-21-17(23)12-22-15-11-14(20)7-8-16(15)26-18(19(22)24)13-5-3-2-4-6-13/h2-8,11,18H,9-10,12,20H2,1H3,(H,21,23). The number of rotatable bonds is 6. The Labute approximate surface area is 151 Å². The highest BCUT2D eigenvalue weighted by Crippen LogP contribution is 2.39. The van der Waals surface area contributed by atoms with Gasteiger partial charge in [0.2, 0.25) is 12.0 Å². The molecule has 0 spiro atoms. The Balaban J connectivity index is 1.88. The van der Waals surface area contributed by atoms with Crippen molar-refractivity contribution in [3.8, 4) is 5.75 Å². The van der Waals surface area contributed by atoms with Gasteiger partial charge in [-0.3, -0.25) is 14.5 Å². The molecular weight excluding hydrogens is 334 g/mol. The third-order valence-corrected chi connectivity index (χ3v) is 4.04. The molecule has 3 N–H and O–H groups in total. The van der Waals surface area contributed by atoms with Crippen molar-refractivity contribution in [3.63, 3.8) is 0 Å². The number of hydrogen-bond acceptors (Lipinski definition) is 5. The molecule has 1 heterocycles. The first kappa shape index (κ1) is 17.8. The molecule has 1 atom stereocenters. The average molecular weight is 355 g/mol. The van der Waals surface area contributed by atoms with Crippen LogP contribution in [0.1, 0.15) is 11.7 Å². The summed E-state index contributed by atoms with van der Waals surface area (Å²) in [6, 6.07) is 14.2. The number of ether oxygens (including phenoxy) is 2. The van der Waals surface area contributed by atoms with Gasteiger partial charge in [0.25, 0.3) is 5.91 Å². The molecule has 1 aliphatic rings. The number of hydrogen-bond donors (Lipinski definition) is 2. The fourth-order valence-electron chi connectivity index (χ4n) is 2.78. The molecule has 0 fully saturated rings. The summed E-state index contributed by atoms with van der Waals surface area (Å²) in [7, 11) is 1.56. The van der Waals surface area contributed by atoms with Crippen LogP contribution in [0.15, 0.2) is 48.5 Å². The summed E-state index contributed by atoms with van der Waals surface area (Å²) < 4.78 is 10.8. The van der Waals surface area contributed by atoms with Crippen LogP contribution in [0.2, 0.25) is 0 Å². The molecule has 0 aromatic heterocycles. The fourth-order valence-corrected chi connectivity index (χ4v) is 2.78. The third kappa shape index (κ3) is 3.78. The molecule has 2 amide bonds. The minimum absolute atomic E-state index is 0.119. The molecule has 3 rings (SSSR count). The van der Waals surface area contributed by atoms with Crippen LogP contribution in [-0.2, 0) is 14.3 Å². The Morgan fingerprint density at radius 2 is 2.04 bits per heavy atom. The summed E-state index contributed by atoms with van der Waals surface area (Å²) in [5.74, 6) is -0.0778. The average Bonchev–Trinajstić information content (AvgIpc) is 2.65. The first-order chi connectivity index (χ1) is 12.6. The zero-order valence-corrected chi connectivity index (χ0v) is 14.5. The first-order valence-corrected chi connectivity index (χ1v) is 8.28. The van der Waals surface area contributed by atoms with Gasteiger partial charge in [0, 0.05) is 24.9 Å². The lowest BCUT2D eigenvalue weighted by atomic mass is 10.1. The SMILES string of the molecule is COCCNC(=O)CN1C(=O)C(c2ccccc2)Oc2ccc(N)cc21. The zero-order valence-electron chi connectivity index (χ0n) is 14.5. The molecule has 136 valence electrons. The van der Waals surface area contributed by atoms with Crippen molar-refractivity contribution in [3.05, 3.63) is 54.1 Å². The molecule has 7 heteroatoms. The molecule has 0 saturated carbocycles. The largest absolute Gasteiger partial charge is 0.474 e. The van der Waals surface area contributed by atoms with Crippen LogP contribution in [0.3, 0.4) is 0 Å². The second-order valence-electron chi connectivity index (χ2n) is 5.90. The van der Waals surface area contributed by atoms with Gasteiger partial charge in [-0.2, -0.15) is 0 Å². The number of nitrogens with zero attached hydrogens (tertiary/aromatic N) is 1. The summed E-state index contributed by atoms with van der Waals surface area (Å²) >= 11 is 0. The van der Waals surface area contributed by atoms with Crippen LogP contribution >= 0.6 is 0 Å². The van der Waals surface area contributed by atoms with Crippen molar-refractivity contribution in [1.29, 1.82) is 0 Å². The van der Waals surface area contributed by atoms with E-state index in [4.69, 9.17) is 15.2 Å². The third-order valence-electron chi connectivity index (χ3n) is 4.04. The molecule has 0 bridgehead atoms. The molecule has 0 saturated heterocycles. The predicted octanol–water partition coefficient (Wildman–Crippen LogP) is 1.50. The molecule has 2 aromatic carbocycles. The van der Waals surface area contributed by atoms with Gasteiger partial charge < -0.3 is 20.5 Å². The fraction of sp³-hybridized carbons (Fsp3) is 0.263. The van der Waals surface area contributed by atoms with Gasteiger partial charge in [-0.15, -0.1) is 0 Å². The highest BCUT2D eigenvalue weighted by atomic mass is 16.5. The number of nitrogens with one attached hydrogen (secondary N) is 1. The Bertz CT molecular complexity index is 795. The normalized spacial score (nSPS) is 16.0. The van der Waals surface area contributed by atoms with Gasteiger partial charge in [0.1, 0.15) is 12.3 Å². The minimum atomic E-state index is -0.806. The Kier molecular flexibility index (Phi) is 5.38. The number of nitrogen functional groups attached to an aromatic ring is 1. The van der Waals surface area contributed by atoms with E-state index in [1.165, 1.54) is 4.90 Å². The van der Waals surface area contributed by atoms with E-state index in [1.807, 2.05) is 30.3 Å². The number of amides is 2. The van der Waals surface area contributed by atoms with Gasteiger partial charge in [0.05, 0.1) is 12.3 Å². The second kappa shape index (κ2) is 7.88. The minimum Gasteiger partial charge on any atom is -0.474 e. The van der Waals surface area contributed by atoms with Crippen molar-refractivity contribution in [2.24, 2.45) is 0 Å². The van der Waals surface area contributed by atoms with Crippen molar-refractivity contribution in [2.45, 2.75) is 6.10 Å². The van der Waals surface area contributed by atoms with E-state index in [9.17, 15) is 9.59 Å². The predicted molar refractivity (Wildman–Crippen MR) is 97.9 cm³/mol. The van der Waals surface area contributed by atoms with Gasteiger partial charge >= 0.3 is 0 Å². The molecule has 1 aliphatic heterocycles. The van der Waals surface area contributed by atoms with Crippen molar-refractivity contribution in [1.82, 2.24) is 5.32 Å². The van der Waals surface area contributed by atoms with E-state index < -0.39 is 6.10 Å². The number of anilines is 2. The molecule has 0 aliphatic carbocycles. The maximum absolute atomic E-state index is 13.0. The summed E-state index contributed by atoms with van der Waals surface area (Å²) in [6.45, 7) is 0.657. The number of benzene rings is 2. The van der Waals surface area contributed by atoms with E-state index in [0.29, 0.717) is 30.3 Å². The van der Waals surface area contributed by atoms with Gasteiger partial charge in [-0.25, -0.2) is 0 Å². The molecule has 26 heavy (non-hydrogen) atoms. The molecule has 1 unspecified atom stereocenters. The Morgan fingerprint density at radius 3 is 2.77 bits per heavy atom. The summed E-state index contributed by atoms with van der Waals surface area (Å²) in [5.41, 5.74) is 7.56. The van der Waals surface area contributed by atoms with Gasteiger partial charge in [0.15, 0.2) is 0 Å². The summed E-state index contributed by atoms with van der Waals surface area (Å²) in [6.07, 6.45) is -0.806. The molecule has 7 nitrogen and oxygen atoms in total. The number of fused-ring (bicyclic) bond motifs is 1. The number of nitrogens with two attached hydrogens (primary N) is 1. The number of carbonyl (C=O) groups is 2. The van der Waals surface area contributed by atoms with E-state index in [0.717, 1.165) is 5.56 Å². The first-order valence-electron chi connectivity index (χ1n) is 8.28. The summed E-state index contributed by atoms with van der Waals surface area (Å²) in [4.78, 5) is 26.7.